The molecule has 0 aliphatic rings. The Morgan fingerprint density at radius 3 is 1.04 bits per heavy atom. The van der Waals surface area contributed by atoms with Crippen molar-refractivity contribution in [2.45, 2.75) is 0 Å². The maximum atomic E-state index is 12.5. The van der Waals surface area contributed by atoms with Gasteiger partial charge in [-0.05, 0) is 12.1 Å². The average Bonchev–Trinajstić information content (AvgIpc) is 2.57. The number of rotatable bonds is 2. The predicted octanol–water partition coefficient (Wildman–Crippen LogP) is 0.832. The molecule has 0 saturated carbocycles. The van der Waals surface area contributed by atoms with Gasteiger partial charge >= 0.3 is 45.5 Å². The molecule has 0 fully saturated rings. The normalized spacial score (nSPS) is 9.78. The van der Waals surface area contributed by atoms with Gasteiger partial charge in [0.15, 0.2) is 46.5 Å². The Bertz CT molecular complexity index is 830. The fraction of sp³-hybridized carbons (Fsp3) is 0. The van der Waals surface area contributed by atoms with E-state index >= 15 is 0 Å². The van der Waals surface area contributed by atoms with Gasteiger partial charge in [-0.1, -0.05) is 0 Å². The van der Waals surface area contributed by atoms with Gasteiger partial charge in [0, 0.05) is 11.1 Å². The fourth-order valence-corrected chi connectivity index (χ4v) is 1.44. The molecule has 2 aromatic rings. The van der Waals surface area contributed by atoms with Gasteiger partial charge in [-0.3, -0.25) is 0 Å². The molecule has 0 aromatic heterocycles. The van der Waals surface area contributed by atoms with E-state index in [0.717, 1.165) is 0 Å². The molecule has 0 N–H and O–H groups in total. The molecule has 0 aliphatic carbocycles. The van der Waals surface area contributed by atoms with E-state index in [-0.39, 0.29) is 57.6 Å². The quantitative estimate of drug-likeness (QED) is 0.280. The summed E-state index contributed by atoms with van der Waals surface area (Å²) in [6, 6.07) is 0.0339. The van der Waals surface area contributed by atoms with Crippen LogP contribution in [0.4, 0.5) is 35.1 Å². The van der Waals surface area contributed by atoms with Crippen LogP contribution < -0.4 is 10.2 Å². The van der Waals surface area contributed by atoms with Crippen molar-refractivity contribution in [1.82, 2.24) is 0 Å². The summed E-state index contributed by atoms with van der Waals surface area (Å²) in [6.45, 7) is 0. The Balaban J connectivity index is 0.000000483. The van der Waals surface area contributed by atoms with Crippen molar-refractivity contribution in [3.63, 3.8) is 0 Å². The molecule has 4 nitrogen and oxygen atoms in total. The van der Waals surface area contributed by atoms with Gasteiger partial charge in [-0.15, -0.1) is 0 Å². The number of carboxylic acid groups (broad SMARTS) is 2. The molecule has 0 atom stereocenters. The Morgan fingerprint density at radius 1 is 0.556 bits per heavy atom. The minimum atomic E-state index is -2.17. The molecule has 0 amide bonds. The summed E-state index contributed by atoms with van der Waals surface area (Å²) in [6.07, 6.45) is 0. The van der Waals surface area contributed by atoms with Crippen molar-refractivity contribution in [2.24, 2.45) is 0 Å². The SMILES string of the molecule is O=C([O-])c1cc(F)c(F)c(F)c1F.O=C([O-])c1cc(F)c(F)c(F)c1F.[Sr+2]. The molecule has 0 radical (unpaired) electrons. The second kappa shape index (κ2) is 10.0. The first kappa shape index (κ1) is 25.3. The molecular formula is C14H2F8O4Sr. The van der Waals surface area contributed by atoms with E-state index in [1.807, 2.05) is 0 Å². The molecule has 0 heterocycles. The van der Waals surface area contributed by atoms with Crippen LogP contribution in [0.1, 0.15) is 20.7 Å². The van der Waals surface area contributed by atoms with Crippen molar-refractivity contribution >= 4 is 57.4 Å². The Kier molecular flexibility index (Phi) is 9.38. The predicted molar refractivity (Wildman–Crippen MR) is 67.0 cm³/mol. The molecule has 0 aliphatic heterocycles. The molecule has 2 rings (SSSR count). The third-order valence-electron chi connectivity index (χ3n) is 2.65. The van der Waals surface area contributed by atoms with E-state index in [2.05, 4.69) is 0 Å². The summed E-state index contributed by atoms with van der Waals surface area (Å²) in [4.78, 5) is 20.1. The monoisotopic (exact) mass is 474 g/mol. The zero-order valence-electron chi connectivity index (χ0n) is 12.5. The van der Waals surface area contributed by atoms with E-state index in [1.54, 1.807) is 0 Å². The van der Waals surface area contributed by atoms with Crippen molar-refractivity contribution in [2.75, 3.05) is 0 Å². The minimum Gasteiger partial charge on any atom is -0.545 e. The molecule has 13 heteroatoms. The number of halogens is 8. The number of aromatic carboxylic acids is 2. The maximum Gasteiger partial charge on any atom is 2.00 e. The Labute approximate surface area is 181 Å². The van der Waals surface area contributed by atoms with Crippen molar-refractivity contribution in [1.29, 1.82) is 0 Å². The summed E-state index contributed by atoms with van der Waals surface area (Å²) >= 11 is 0. The van der Waals surface area contributed by atoms with Gasteiger partial charge in [0.05, 0.1) is 11.9 Å². The number of hydrogen-bond donors (Lipinski definition) is 0. The number of carbonyl (C=O) groups is 2. The smallest absolute Gasteiger partial charge is 0.545 e. The van der Waals surface area contributed by atoms with E-state index in [1.165, 1.54) is 0 Å². The summed E-state index contributed by atoms with van der Waals surface area (Å²) in [7, 11) is 0. The van der Waals surface area contributed by atoms with Crippen LogP contribution in [0.25, 0.3) is 0 Å². The summed E-state index contributed by atoms with van der Waals surface area (Å²) < 4.78 is 98.7. The maximum absolute atomic E-state index is 12.5. The zero-order chi connectivity index (χ0) is 20.3. The second-order valence-electron chi connectivity index (χ2n) is 4.27. The van der Waals surface area contributed by atoms with Crippen LogP contribution in [0.3, 0.4) is 0 Å². The molecule has 0 spiro atoms. The van der Waals surface area contributed by atoms with E-state index < -0.39 is 69.6 Å². The first-order valence-corrected chi connectivity index (χ1v) is 5.98. The van der Waals surface area contributed by atoms with E-state index in [0.29, 0.717) is 0 Å². The van der Waals surface area contributed by atoms with Crippen molar-refractivity contribution in [3.8, 4) is 0 Å². The van der Waals surface area contributed by atoms with Crippen LogP contribution >= 0.6 is 0 Å². The molecule has 27 heavy (non-hydrogen) atoms. The third-order valence-corrected chi connectivity index (χ3v) is 2.65. The van der Waals surface area contributed by atoms with Crippen LogP contribution in [0, 0.1) is 46.5 Å². The summed E-state index contributed by atoms with van der Waals surface area (Å²) in [5.41, 5.74) is -2.70. The van der Waals surface area contributed by atoms with Gasteiger partial charge < -0.3 is 19.8 Å². The summed E-state index contributed by atoms with van der Waals surface area (Å²) in [5, 5.41) is 20.1. The number of benzene rings is 2. The topological polar surface area (TPSA) is 80.3 Å². The molecule has 0 bridgehead atoms. The number of carbonyl (C=O) groups excluding carboxylic acids is 2. The van der Waals surface area contributed by atoms with Gasteiger partial charge in [0.25, 0.3) is 0 Å². The largest absolute Gasteiger partial charge is 2.00 e. The zero-order valence-corrected chi connectivity index (χ0v) is 16.0. The number of hydrogen-bond acceptors (Lipinski definition) is 4. The van der Waals surface area contributed by atoms with Gasteiger partial charge in [0.2, 0.25) is 0 Å². The minimum absolute atomic E-state index is 0. The average molecular weight is 474 g/mol. The Morgan fingerprint density at radius 2 is 0.815 bits per heavy atom. The number of carboxylic acids is 2. The van der Waals surface area contributed by atoms with Gasteiger partial charge in [-0.2, -0.15) is 0 Å². The first-order chi connectivity index (χ1) is 11.9. The molecule has 0 saturated heterocycles. The molecule has 2 aromatic carbocycles. The van der Waals surface area contributed by atoms with Crippen LogP contribution in [0.5, 0.6) is 0 Å². The second-order valence-corrected chi connectivity index (χ2v) is 4.27. The van der Waals surface area contributed by atoms with Crippen molar-refractivity contribution in [3.05, 3.63) is 69.8 Å². The molecule has 140 valence electrons. The first-order valence-electron chi connectivity index (χ1n) is 5.98. The van der Waals surface area contributed by atoms with Crippen LogP contribution in [0.15, 0.2) is 12.1 Å². The summed E-state index contributed by atoms with van der Waals surface area (Å²) in [5.74, 6) is -20.2. The van der Waals surface area contributed by atoms with E-state index in [9.17, 15) is 54.9 Å². The fourth-order valence-electron chi connectivity index (χ4n) is 1.44. The van der Waals surface area contributed by atoms with Crippen LogP contribution in [-0.2, 0) is 0 Å². The van der Waals surface area contributed by atoms with E-state index in [4.69, 9.17) is 0 Å². The standard InChI is InChI=1S/2C7H2F4O2.Sr/c2*8-3-1-2(7(12)13)4(9)6(11)5(3)10;/h2*1H,(H,12,13);/q;;+2/p-2. The Hall–Kier alpha value is -1.70. The van der Waals surface area contributed by atoms with Crippen LogP contribution in [-0.4, -0.2) is 57.4 Å². The van der Waals surface area contributed by atoms with Gasteiger partial charge in [-0.25, -0.2) is 35.1 Å². The molecular weight excluding hydrogens is 472 g/mol. The van der Waals surface area contributed by atoms with Crippen LogP contribution in [0.2, 0.25) is 0 Å². The molecule has 0 unspecified atom stereocenters. The van der Waals surface area contributed by atoms with Crippen molar-refractivity contribution < 1.29 is 54.9 Å². The van der Waals surface area contributed by atoms with Gasteiger partial charge in [0.1, 0.15) is 0 Å². The third kappa shape index (κ3) is 5.64.